The Morgan fingerprint density at radius 3 is 2.86 bits per heavy atom. The fraction of sp³-hybridized carbons (Fsp3) is 0.0833. The topological polar surface area (TPSA) is 68.5 Å². The number of hydrogen-bond acceptors (Lipinski definition) is 4. The van der Waals surface area contributed by atoms with Gasteiger partial charge in [0.15, 0.2) is 0 Å². The number of H-pyrrole nitrogens is 1. The van der Waals surface area contributed by atoms with Gasteiger partial charge in [-0.25, -0.2) is 4.98 Å². The van der Waals surface area contributed by atoms with Gasteiger partial charge in [0, 0.05) is 28.8 Å². The quantitative estimate of drug-likeness (QED) is 0.460. The standard InChI is InChI=1S/C24H21N3O2/c1-2-15-29-19-9-5-7-18(16-19)22(27-21-10-3-4-13-25-21)20-12-11-17-8-6-14-26-23(17)24(20)28/h2-14,16,22,28H,1,15H2,(H,25,27)/p+1/t22-/m1/s1. The predicted octanol–water partition coefficient (Wildman–Crippen LogP) is 4.52. The smallest absolute Gasteiger partial charge is 0.272 e. The molecule has 4 aromatic rings. The largest absolute Gasteiger partial charge is 0.505 e. The summed E-state index contributed by atoms with van der Waals surface area (Å²) in [5, 5.41) is 15.4. The van der Waals surface area contributed by atoms with Crippen molar-refractivity contribution in [2.75, 3.05) is 11.9 Å². The monoisotopic (exact) mass is 384 g/mol. The SMILES string of the molecule is C=CCOc1cccc([C@@H](Nc2cccc[nH+]2)c2ccc3cccnc3c2O)c1. The zero-order valence-electron chi connectivity index (χ0n) is 15.9. The summed E-state index contributed by atoms with van der Waals surface area (Å²) in [7, 11) is 0. The lowest BCUT2D eigenvalue weighted by molar-refractivity contribution is -0.361. The molecule has 2 aromatic carbocycles. The minimum Gasteiger partial charge on any atom is -0.505 e. The number of aromatic amines is 1. The lowest BCUT2D eigenvalue weighted by atomic mass is 9.96. The summed E-state index contributed by atoms with van der Waals surface area (Å²) in [5.41, 5.74) is 2.26. The average molecular weight is 384 g/mol. The second-order valence-electron chi connectivity index (χ2n) is 6.60. The molecule has 29 heavy (non-hydrogen) atoms. The van der Waals surface area contributed by atoms with Crippen LogP contribution >= 0.6 is 0 Å². The normalized spacial score (nSPS) is 11.7. The van der Waals surface area contributed by atoms with Crippen LogP contribution in [0.4, 0.5) is 5.82 Å². The molecule has 0 bridgehead atoms. The van der Waals surface area contributed by atoms with Gasteiger partial charge >= 0.3 is 0 Å². The van der Waals surface area contributed by atoms with Crippen molar-refractivity contribution >= 4 is 16.7 Å². The van der Waals surface area contributed by atoms with Crippen molar-refractivity contribution in [2.24, 2.45) is 0 Å². The Labute approximate surface area is 169 Å². The van der Waals surface area contributed by atoms with E-state index in [4.69, 9.17) is 4.74 Å². The lowest BCUT2D eigenvalue weighted by Gasteiger charge is -2.18. The van der Waals surface area contributed by atoms with Crippen LogP contribution in [0.2, 0.25) is 0 Å². The first kappa shape index (κ1) is 18.5. The van der Waals surface area contributed by atoms with Crippen molar-refractivity contribution in [1.82, 2.24) is 4.98 Å². The number of ether oxygens (including phenoxy) is 1. The molecule has 0 aliphatic carbocycles. The van der Waals surface area contributed by atoms with Crippen LogP contribution < -0.4 is 15.0 Å². The molecule has 3 N–H and O–H groups in total. The van der Waals surface area contributed by atoms with Gasteiger partial charge in [-0.05, 0) is 30.3 Å². The number of phenolic OH excluding ortho intramolecular Hbond substituents is 1. The van der Waals surface area contributed by atoms with Crippen LogP contribution in [0.15, 0.2) is 91.8 Å². The summed E-state index contributed by atoms with van der Waals surface area (Å²) < 4.78 is 5.70. The van der Waals surface area contributed by atoms with Crippen LogP contribution in [0, 0.1) is 0 Å². The number of pyridine rings is 2. The molecule has 0 amide bonds. The van der Waals surface area contributed by atoms with Gasteiger partial charge in [0.2, 0.25) is 0 Å². The van der Waals surface area contributed by atoms with Crippen molar-refractivity contribution in [3.8, 4) is 11.5 Å². The first-order valence-electron chi connectivity index (χ1n) is 9.40. The van der Waals surface area contributed by atoms with E-state index in [1.54, 1.807) is 12.3 Å². The van der Waals surface area contributed by atoms with Crippen molar-refractivity contribution in [1.29, 1.82) is 0 Å². The third-order valence-electron chi connectivity index (χ3n) is 4.66. The third kappa shape index (κ3) is 4.04. The van der Waals surface area contributed by atoms with E-state index in [1.165, 1.54) is 0 Å². The summed E-state index contributed by atoms with van der Waals surface area (Å²) in [6.45, 7) is 4.13. The molecule has 0 spiro atoms. The van der Waals surface area contributed by atoms with Crippen molar-refractivity contribution in [3.05, 3.63) is 103 Å². The minimum atomic E-state index is -0.313. The molecule has 5 heteroatoms. The molecule has 0 saturated heterocycles. The van der Waals surface area contributed by atoms with E-state index in [1.807, 2.05) is 72.9 Å². The fourth-order valence-electron chi connectivity index (χ4n) is 3.30. The molecule has 2 aromatic heterocycles. The molecule has 144 valence electrons. The van der Waals surface area contributed by atoms with E-state index in [0.29, 0.717) is 12.1 Å². The van der Waals surface area contributed by atoms with Gasteiger partial charge < -0.3 is 9.84 Å². The number of hydrogen-bond donors (Lipinski definition) is 2. The zero-order valence-corrected chi connectivity index (χ0v) is 15.9. The van der Waals surface area contributed by atoms with E-state index in [9.17, 15) is 5.11 Å². The fourth-order valence-corrected chi connectivity index (χ4v) is 3.30. The molecule has 0 unspecified atom stereocenters. The Bertz CT molecular complexity index is 1130. The molecule has 0 radical (unpaired) electrons. The van der Waals surface area contributed by atoms with Crippen molar-refractivity contribution < 1.29 is 14.8 Å². The highest BCUT2D eigenvalue weighted by molar-refractivity contribution is 5.86. The predicted molar refractivity (Wildman–Crippen MR) is 114 cm³/mol. The number of nitrogens with one attached hydrogen (secondary N) is 2. The first-order chi connectivity index (χ1) is 14.3. The summed E-state index contributed by atoms with van der Waals surface area (Å²) in [5.74, 6) is 1.73. The number of nitrogens with zero attached hydrogens (tertiary/aromatic N) is 1. The first-order valence-corrected chi connectivity index (χ1v) is 9.40. The maximum absolute atomic E-state index is 11.0. The van der Waals surface area contributed by atoms with E-state index >= 15 is 0 Å². The van der Waals surface area contributed by atoms with E-state index in [-0.39, 0.29) is 11.8 Å². The van der Waals surface area contributed by atoms with Crippen molar-refractivity contribution in [3.63, 3.8) is 0 Å². The molecule has 0 fully saturated rings. The second-order valence-corrected chi connectivity index (χ2v) is 6.60. The van der Waals surface area contributed by atoms with Gasteiger partial charge in [0.05, 0.1) is 6.20 Å². The maximum Gasteiger partial charge on any atom is 0.272 e. The number of phenols is 1. The minimum absolute atomic E-state index is 0.161. The molecular formula is C24H22N3O2+. The number of fused-ring (bicyclic) bond motifs is 1. The van der Waals surface area contributed by atoms with Gasteiger partial charge in [-0.2, -0.15) is 0 Å². The van der Waals surface area contributed by atoms with Gasteiger partial charge in [0.1, 0.15) is 29.7 Å². The van der Waals surface area contributed by atoms with Crippen LogP contribution in [0.1, 0.15) is 17.2 Å². The number of benzene rings is 2. The molecular weight excluding hydrogens is 362 g/mol. The molecule has 5 nitrogen and oxygen atoms in total. The van der Waals surface area contributed by atoms with Gasteiger partial charge in [0.25, 0.3) is 5.82 Å². The number of aromatic nitrogens is 2. The molecule has 0 aliphatic heterocycles. The highest BCUT2D eigenvalue weighted by atomic mass is 16.5. The second kappa shape index (κ2) is 8.44. The van der Waals surface area contributed by atoms with Gasteiger partial charge in [-0.3, -0.25) is 10.3 Å². The number of aromatic hydroxyl groups is 1. The molecule has 0 aliphatic rings. The van der Waals surface area contributed by atoms with Crippen LogP contribution in [-0.4, -0.2) is 16.7 Å². The highest BCUT2D eigenvalue weighted by Gasteiger charge is 2.24. The Balaban J connectivity index is 1.81. The Kier molecular flexibility index (Phi) is 5.38. The summed E-state index contributed by atoms with van der Waals surface area (Å²) in [4.78, 5) is 7.55. The highest BCUT2D eigenvalue weighted by Crippen LogP contribution is 2.36. The summed E-state index contributed by atoms with van der Waals surface area (Å²) in [6, 6.07) is 21.0. The van der Waals surface area contributed by atoms with Crippen LogP contribution in [0.25, 0.3) is 10.9 Å². The maximum atomic E-state index is 11.0. The summed E-state index contributed by atoms with van der Waals surface area (Å²) in [6.07, 6.45) is 5.25. The molecule has 2 heterocycles. The Morgan fingerprint density at radius 2 is 2.03 bits per heavy atom. The number of anilines is 1. The number of rotatable bonds is 7. The van der Waals surface area contributed by atoms with Gasteiger partial charge in [-0.1, -0.05) is 43.0 Å². The molecule has 4 rings (SSSR count). The van der Waals surface area contributed by atoms with Crippen molar-refractivity contribution in [2.45, 2.75) is 6.04 Å². The average Bonchev–Trinajstić information content (AvgIpc) is 2.78. The molecule has 0 saturated carbocycles. The lowest BCUT2D eigenvalue weighted by Crippen LogP contribution is -2.19. The van der Waals surface area contributed by atoms with E-state index < -0.39 is 0 Å². The summed E-state index contributed by atoms with van der Waals surface area (Å²) >= 11 is 0. The van der Waals surface area contributed by atoms with Crippen LogP contribution in [0.5, 0.6) is 11.5 Å². The third-order valence-corrected chi connectivity index (χ3v) is 4.66. The Morgan fingerprint density at radius 1 is 1.10 bits per heavy atom. The van der Waals surface area contributed by atoms with Gasteiger partial charge in [-0.15, -0.1) is 0 Å². The van der Waals surface area contributed by atoms with Crippen LogP contribution in [-0.2, 0) is 0 Å². The van der Waals surface area contributed by atoms with Crippen LogP contribution in [0.3, 0.4) is 0 Å². The molecule has 1 atom stereocenters. The zero-order chi connectivity index (χ0) is 20.1. The van der Waals surface area contributed by atoms with E-state index in [0.717, 1.165) is 28.1 Å². The van der Waals surface area contributed by atoms with E-state index in [2.05, 4.69) is 21.9 Å². The Hall–Kier alpha value is -3.86.